The van der Waals surface area contributed by atoms with Gasteiger partial charge in [-0.1, -0.05) is 54.1 Å². The van der Waals surface area contributed by atoms with Crippen LogP contribution in [-0.4, -0.2) is 16.3 Å². The number of hydrogen-bond donors (Lipinski definition) is 3. The number of benzene rings is 2. The van der Waals surface area contributed by atoms with Gasteiger partial charge in [0.15, 0.2) is 0 Å². The van der Waals surface area contributed by atoms with Crippen LogP contribution < -0.4 is 5.32 Å². The average Bonchev–Trinajstić information content (AvgIpc) is 2.45. The highest BCUT2D eigenvalue weighted by Gasteiger charge is 2.31. The van der Waals surface area contributed by atoms with Crippen LogP contribution in [-0.2, 0) is 11.0 Å². The van der Waals surface area contributed by atoms with Gasteiger partial charge in [-0.25, -0.2) is 0 Å². The molecule has 0 bridgehead atoms. The van der Waals surface area contributed by atoms with E-state index in [9.17, 15) is 14.4 Å². The van der Waals surface area contributed by atoms with Crippen LogP contribution in [0.1, 0.15) is 22.5 Å². The highest BCUT2D eigenvalue weighted by atomic mass is 35.5. The first kappa shape index (κ1) is 17.2. The van der Waals surface area contributed by atoms with Crippen LogP contribution in [0.4, 0.5) is 0 Å². The molecule has 0 unspecified atom stereocenters. The van der Waals surface area contributed by atoms with Crippen molar-refractivity contribution in [1.29, 1.82) is 0 Å². The van der Waals surface area contributed by atoms with E-state index in [0.29, 0.717) is 23.6 Å². The fourth-order valence-corrected chi connectivity index (χ4v) is 3.62. The van der Waals surface area contributed by atoms with Crippen LogP contribution in [0.3, 0.4) is 0 Å². The SMILES string of the molecule is Cc1ccccc1CCN[C@H](c1ccccc1Cl)P(=O)(O)O. The normalized spacial score (nSPS) is 13.1. The molecular weight excluding hydrogens is 321 g/mol. The highest BCUT2D eigenvalue weighted by molar-refractivity contribution is 7.52. The third kappa shape index (κ3) is 4.42. The number of rotatable bonds is 6. The molecule has 2 rings (SSSR count). The second kappa shape index (κ2) is 7.40. The maximum atomic E-state index is 11.8. The molecule has 3 N–H and O–H groups in total. The minimum atomic E-state index is -4.35. The van der Waals surface area contributed by atoms with Crippen molar-refractivity contribution in [3.63, 3.8) is 0 Å². The van der Waals surface area contributed by atoms with E-state index in [1.165, 1.54) is 0 Å². The molecule has 0 amide bonds. The van der Waals surface area contributed by atoms with Gasteiger partial charge in [0, 0.05) is 11.6 Å². The maximum absolute atomic E-state index is 11.8. The first-order chi connectivity index (χ1) is 10.4. The Morgan fingerprint density at radius 3 is 2.41 bits per heavy atom. The molecule has 0 aliphatic heterocycles. The van der Waals surface area contributed by atoms with Gasteiger partial charge in [0.05, 0.1) is 0 Å². The van der Waals surface area contributed by atoms with E-state index in [2.05, 4.69) is 5.32 Å². The van der Waals surface area contributed by atoms with Crippen LogP contribution in [0.2, 0.25) is 5.02 Å². The summed E-state index contributed by atoms with van der Waals surface area (Å²) in [5.41, 5.74) is 2.73. The molecule has 4 nitrogen and oxygen atoms in total. The van der Waals surface area contributed by atoms with Crippen molar-refractivity contribution in [2.45, 2.75) is 19.1 Å². The molecule has 2 aromatic rings. The van der Waals surface area contributed by atoms with Gasteiger partial charge in [-0.05, 0) is 36.1 Å². The Labute approximate surface area is 135 Å². The van der Waals surface area contributed by atoms with E-state index in [0.717, 1.165) is 11.1 Å². The molecule has 2 aromatic carbocycles. The minimum Gasteiger partial charge on any atom is -0.323 e. The van der Waals surface area contributed by atoms with Crippen LogP contribution in [0.15, 0.2) is 48.5 Å². The Balaban J connectivity index is 2.11. The van der Waals surface area contributed by atoms with Crippen molar-refractivity contribution in [1.82, 2.24) is 5.32 Å². The van der Waals surface area contributed by atoms with Crippen LogP contribution in [0.5, 0.6) is 0 Å². The molecule has 0 saturated carbocycles. The van der Waals surface area contributed by atoms with Crippen molar-refractivity contribution in [3.05, 3.63) is 70.2 Å². The summed E-state index contributed by atoms with van der Waals surface area (Å²) in [5, 5.41) is 3.29. The number of aryl methyl sites for hydroxylation is 1. The molecule has 0 spiro atoms. The third-order valence-corrected chi connectivity index (χ3v) is 5.01. The predicted molar refractivity (Wildman–Crippen MR) is 89.1 cm³/mol. The Morgan fingerprint density at radius 1 is 1.14 bits per heavy atom. The van der Waals surface area contributed by atoms with Gasteiger partial charge in [-0.3, -0.25) is 9.88 Å². The number of hydrogen-bond acceptors (Lipinski definition) is 2. The van der Waals surface area contributed by atoms with Crippen molar-refractivity contribution in [2.24, 2.45) is 0 Å². The van der Waals surface area contributed by atoms with Gasteiger partial charge in [0.1, 0.15) is 5.78 Å². The summed E-state index contributed by atoms with van der Waals surface area (Å²) in [6, 6.07) is 14.7. The first-order valence-corrected chi connectivity index (χ1v) is 9.03. The first-order valence-electron chi connectivity index (χ1n) is 6.97. The van der Waals surface area contributed by atoms with E-state index >= 15 is 0 Å². The molecule has 1 atom stereocenters. The Bertz CT molecular complexity index is 687. The lowest BCUT2D eigenvalue weighted by molar-refractivity contribution is 0.348. The largest absolute Gasteiger partial charge is 0.346 e. The standard InChI is InChI=1S/C16H19ClNO3P/c1-12-6-2-3-7-13(12)10-11-18-16(22(19,20)21)14-8-4-5-9-15(14)17/h2-9,16,18H,10-11H2,1H3,(H2,19,20,21)/t16-/m0/s1. The van der Waals surface area contributed by atoms with E-state index < -0.39 is 13.4 Å². The van der Waals surface area contributed by atoms with Crippen molar-refractivity contribution < 1.29 is 14.4 Å². The molecule has 0 radical (unpaired) electrons. The molecule has 118 valence electrons. The summed E-state index contributed by atoms with van der Waals surface area (Å²) in [5.74, 6) is -1.09. The topological polar surface area (TPSA) is 69.6 Å². The Hall–Kier alpha value is -1.16. The van der Waals surface area contributed by atoms with Gasteiger partial charge in [0.2, 0.25) is 0 Å². The van der Waals surface area contributed by atoms with Gasteiger partial charge >= 0.3 is 7.60 Å². The highest BCUT2D eigenvalue weighted by Crippen LogP contribution is 2.51. The lowest BCUT2D eigenvalue weighted by Gasteiger charge is -2.21. The van der Waals surface area contributed by atoms with Crippen molar-refractivity contribution in [2.75, 3.05) is 6.54 Å². The maximum Gasteiger partial charge on any atom is 0.346 e. The summed E-state index contributed by atoms with van der Waals surface area (Å²) in [6.45, 7) is 2.47. The second-order valence-electron chi connectivity index (χ2n) is 5.14. The molecule has 0 heterocycles. The van der Waals surface area contributed by atoms with Crippen LogP contribution in [0, 0.1) is 6.92 Å². The molecule has 0 fully saturated rings. The van der Waals surface area contributed by atoms with E-state index in [-0.39, 0.29) is 0 Å². The fraction of sp³-hybridized carbons (Fsp3) is 0.250. The molecule has 22 heavy (non-hydrogen) atoms. The summed E-state index contributed by atoms with van der Waals surface area (Å²) in [7, 11) is -4.35. The zero-order chi connectivity index (χ0) is 16.2. The Morgan fingerprint density at radius 2 is 1.77 bits per heavy atom. The monoisotopic (exact) mass is 339 g/mol. The summed E-state index contributed by atoms with van der Waals surface area (Å²) < 4.78 is 11.8. The lowest BCUT2D eigenvalue weighted by atomic mass is 10.1. The molecular formula is C16H19ClNO3P. The zero-order valence-electron chi connectivity index (χ0n) is 12.2. The second-order valence-corrected chi connectivity index (χ2v) is 7.25. The fourth-order valence-electron chi connectivity index (χ4n) is 2.34. The quantitative estimate of drug-likeness (QED) is 0.702. The van der Waals surface area contributed by atoms with Gasteiger partial charge in [-0.15, -0.1) is 0 Å². The predicted octanol–water partition coefficient (Wildman–Crippen LogP) is 3.66. The Kier molecular flexibility index (Phi) is 5.79. The minimum absolute atomic E-state index is 0.346. The molecule has 0 saturated heterocycles. The molecule has 6 heteroatoms. The van der Waals surface area contributed by atoms with Gasteiger partial charge in [-0.2, -0.15) is 0 Å². The number of halogens is 1. The summed E-state index contributed by atoms with van der Waals surface area (Å²) in [4.78, 5) is 19.2. The van der Waals surface area contributed by atoms with Gasteiger partial charge in [0.25, 0.3) is 0 Å². The van der Waals surface area contributed by atoms with Crippen molar-refractivity contribution in [3.8, 4) is 0 Å². The lowest BCUT2D eigenvalue weighted by Crippen LogP contribution is -2.24. The molecule has 0 aliphatic rings. The van der Waals surface area contributed by atoms with Crippen molar-refractivity contribution >= 4 is 19.2 Å². The van der Waals surface area contributed by atoms with E-state index in [4.69, 9.17) is 11.6 Å². The zero-order valence-corrected chi connectivity index (χ0v) is 13.9. The summed E-state index contributed by atoms with van der Waals surface area (Å²) >= 11 is 6.06. The van der Waals surface area contributed by atoms with E-state index in [1.54, 1.807) is 24.3 Å². The average molecular weight is 340 g/mol. The van der Waals surface area contributed by atoms with Crippen LogP contribution >= 0.6 is 19.2 Å². The smallest absolute Gasteiger partial charge is 0.323 e. The number of nitrogens with one attached hydrogen (secondary N) is 1. The molecule has 0 aliphatic carbocycles. The summed E-state index contributed by atoms with van der Waals surface area (Å²) in [6.07, 6.45) is 0.688. The molecule has 0 aromatic heterocycles. The van der Waals surface area contributed by atoms with Gasteiger partial charge < -0.3 is 9.79 Å². The van der Waals surface area contributed by atoms with Crippen LogP contribution in [0.25, 0.3) is 0 Å². The third-order valence-electron chi connectivity index (χ3n) is 3.53. The van der Waals surface area contributed by atoms with E-state index in [1.807, 2.05) is 31.2 Å².